The summed E-state index contributed by atoms with van der Waals surface area (Å²) < 4.78 is 8.16. The Bertz CT molecular complexity index is 1020. The van der Waals surface area contributed by atoms with E-state index in [0.29, 0.717) is 41.8 Å². The Hall–Kier alpha value is -3.26. The van der Waals surface area contributed by atoms with Gasteiger partial charge in [0.15, 0.2) is 5.82 Å². The second kappa shape index (κ2) is 9.09. The van der Waals surface area contributed by atoms with Crippen molar-refractivity contribution in [2.75, 3.05) is 11.9 Å². The molecule has 1 aromatic carbocycles. The second-order valence-electron chi connectivity index (χ2n) is 5.70. The van der Waals surface area contributed by atoms with E-state index in [1.807, 2.05) is 4.57 Å². The van der Waals surface area contributed by atoms with Gasteiger partial charge in [-0.2, -0.15) is 0 Å². The quantitative estimate of drug-likeness (QED) is 0.534. The molecule has 2 aromatic heterocycles. The van der Waals surface area contributed by atoms with Gasteiger partial charge in [-0.05, 0) is 30.3 Å². The van der Waals surface area contributed by atoms with Crippen LogP contribution in [0.1, 0.15) is 10.4 Å². The molecule has 0 fully saturated rings. The minimum atomic E-state index is -0.336. The number of hydrogen-bond acceptors (Lipinski definition) is 5. The highest BCUT2D eigenvalue weighted by molar-refractivity contribution is 9.10. The summed E-state index contributed by atoms with van der Waals surface area (Å²) in [7, 11) is 0. The fourth-order valence-corrected chi connectivity index (χ4v) is 2.85. The molecule has 0 saturated heterocycles. The van der Waals surface area contributed by atoms with Crippen molar-refractivity contribution < 1.29 is 9.53 Å². The van der Waals surface area contributed by atoms with E-state index in [0.717, 1.165) is 4.47 Å². The van der Waals surface area contributed by atoms with E-state index in [-0.39, 0.29) is 5.91 Å². The van der Waals surface area contributed by atoms with Gasteiger partial charge < -0.3 is 14.6 Å². The van der Waals surface area contributed by atoms with E-state index >= 15 is 0 Å². The molecule has 0 radical (unpaired) electrons. The first-order valence-corrected chi connectivity index (χ1v) is 9.22. The zero-order chi connectivity index (χ0) is 19.9. The fourth-order valence-electron chi connectivity index (χ4n) is 2.49. The smallest absolute Gasteiger partial charge is 0.260 e. The molecule has 0 saturated carbocycles. The third-order valence-electron chi connectivity index (χ3n) is 3.70. The number of allylic oxidation sites excluding steroid dienone is 1. The lowest BCUT2D eigenvalue weighted by atomic mass is 10.2. The summed E-state index contributed by atoms with van der Waals surface area (Å²) in [5.74, 6) is 1.11. The molecule has 1 N–H and O–H groups in total. The predicted octanol–water partition coefficient (Wildman–Crippen LogP) is 4.11. The van der Waals surface area contributed by atoms with Crippen LogP contribution in [0, 0.1) is 0 Å². The van der Waals surface area contributed by atoms with Crippen molar-refractivity contribution in [2.45, 2.75) is 6.54 Å². The summed E-state index contributed by atoms with van der Waals surface area (Å²) in [5, 5.41) is 10.8. The molecule has 3 aromatic rings. The molecule has 0 aliphatic heterocycles. The molecule has 7 nitrogen and oxygen atoms in total. The Morgan fingerprint density at radius 2 is 2.11 bits per heavy atom. The number of rotatable bonds is 8. The van der Waals surface area contributed by atoms with Crippen molar-refractivity contribution in [3.05, 3.63) is 78.1 Å². The first-order valence-electron chi connectivity index (χ1n) is 8.43. The molecule has 3 rings (SSSR count). The number of halogens is 1. The molecule has 28 heavy (non-hydrogen) atoms. The summed E-state index contributed by atoms with van der Waals surface area (Å²) >= 11 is 3.38. The molecule has 0 aliphatic carbocycles. The number of anilines is 1. The topological polar surface area (TPSA) is 81.9 Å². The van der Waals surface area contributed by atoms with Crippen LogP contribution in [-0.2, 0) is 6.54 Å². The van der Waals surface area contributed by atoms with Crippen LogP contribution in [0.5, 0.6) is 5.75 Å². The van der Waals surface area contributed by atoms with E-state index < -0.39 is 0 Å². The Kier molecular flexibility index (Phi) is 6.33. The van der Waals surface area contributed by atoms with Gasteiger partial charge in [-0.15, -0.1) is 16.8 Å². The van der Waals surface area contributed by atoms with E-state index in [1.54, 1.807) is 54.9 Å². The van der Waals surface area contributed by atoms with Crippen LogP contribution in [0.25, 0.3) is 11.5 Å². The van der Waals surface area contributed by atoms with Gasteiger partial charge in [0.1, 0.15) is 30.2 Å². The van der Waals surface area contributed by atoms with Gasteiger partial charge in [0, 0.05) is 11.0 Å². The van der Waals surface area contributed by atoms with Gasteiger partial charge in [-0.3, -0.25) is 4.79 Å². The second-order valence-corrected chi connectivity index (χ2v) is 6.61. The van der Waals surface area contributed by atoms with Crippen molar-refractivity contribution in [1.29, 1.82) is 0 Å². The molecule has 1 amide bonds. The van der Waals surface area contributed by atoms with Crippen molar-refractivity contribution in [2.24, 2.45) is 0 Å². The Morgan fingerprint density at radius 1 is 1.25 bits per heavy atom. The highest BCUT2D eigenvalue weighted by Crippen LogP contribution is 2.25. The number of nitrogens with one attached hydrogen (secondary N) is 1. The summed E-state index contributed by atoms with van der Waals surface area (Å²) in [5.41, 5.74) is 0.979. The fraction of sp³-hybridized carbons (Fsp3) is 0.100. The average molecular weight is 440 g/mol. The number of carbonyl (C=O) groups is 1. The highest BCUT2D eigenvalue weighted by Gasteiger charge is 2.15. The minimum Gasteiger partial charge on any atom is -0.489 e. The standard InChI is InChI=1S/C20H18BrN5O2/c1-3-10-26-13-22-25-19(26)16-6-5-7-18(23-16)24-20(27)15-12-14(21)8-9-17(15)28-11-4-2/h3-9,12-13H,1-2,10-11H2,(H,23,24,27). The van der Waals surface area contributed by atoms with Crippen LogP contribution in [0.2, 0.25) is 0 Å². The van der Waals surface area contributed by atoms with E-state index in [2.05, 4.69) is 49.6 Å². The van der Waals surface area contributed by atoms with E-state index in [4.69, 9.17) is 4.74 Å². The molecule has 0 spiro atoms. The number of hydrogen-bond donors (Lipinski definition) is 1. The number of carbonyl (C=O) groups excluding carboxylic acids is 1. The number of pyridine rings is 1. The largest absolute Gasteiger partial charge is 0.489 e. The molecule has 142 valence electrons. The number of amides is 1. The highest BCUT2D eigenvalue weighted by atomic mass is 79.9. The lowest BCUT2D eigenvalue weighted by molar-refractivity contribution is 0.102. The maximum absolute atomic E-state index is 12.8. The molecular formula is C20H18BrN5O2. The van der Waals surface area contributed by atoms with Crippen LogP contribution in [-0.4, -0.2) is 32.3 Å². The third kappa shape index (κ3) is 4.52. The summed E-state index contributed by atoms with van der Waals surface area (Å²) in [6, 6.07) is 10.5. The van der Waals surface area contributed by atoms with E-state index in [9.17, 15) is 4.79 Å². The van der Waals surface area contributed by atoms with Gasteiger partial charge in [-0.1, -0.05) is 40.7 Å². The summed E-state index contributed by atoms with van der Waals surface area (Å²) in [4.78, 5) is 17.3. The average Bonchev–Trinajstić information content (AvgIpc) is 3.16. The first-order chi connectivity index (χ1) is 13.6. The van der Waals surface area contributed by atoms with Crippen molar-refractivity contribution in [1.82, 2.24) is 19.7 Å². The Balaban J connectivity index is 1.85. The van der Waals surface area contributed by atoms with Crippen LogP contribution in [0.4, 0.5) is 5.82 Å². The Morgan fingerprint density at radius 3 is 2.89 bits per heavy atom. The van der Waals surface area contributed by atoms with Gasteiger partial charge >= 0.3 is 0 Å². The zero-order valence-electron chi connectivity index (χ0n) is 15.0. The molecule has 0 atom stereocenters. The number of nitrogens with zero attached hydrogens (tertiary/aromatic N) is 4. The Labute approximate surface area is 170 Å². The van der Waals surface area contributed by atoms with Gasteiger partial charge in [0.05, 0.1) is 5.56 Å². The lowest BCUT2D eigenvalue weighted by Crippen LogP contribution is -2.15. The molecular weight excluding hydrogens is 422 g/mol. The molecule has 0 aliphatic rings. The van der Waals surface area contributed by atoms with Gasteiger partial charge in [-0.25, -0.2) is 4.98 Å². The van der Waals surface area contributed by atoms with Crippen LogP contribution in [0.15, 0.2) is 72.5 Å². The predicted molar refractivity (Wildman–Crippen MR) is 111 cm³/mol. The van der Waals surface area contributed by atoms with Crippen molar-refractivity contribution >= 4 is 27.7 Å². The monoisotopic (exact) mass is 439 g/mol. The maximum Gasteiger partial charge on any atom is 0.260 e. The van der Waals surface area contributed by atoms with Gasteiger partial charge in [0.2, 0.25) is 0 Å². The molecule has 2 heterocycles. The number of aromatic nitrogens is 4. The van der Waals surface area contributed by atoms with Crippen LogP contribution < -0.4 is 10.1 Å². The summed E-state index contributed by atoms with van der Waals surface area (Å²) in [6.07, 6.45) is 4.97. The van der Waals surface area contributed by atoms with Crippen LogP contribution in [0.3, 0.4) is 0 Å². The molecule has 0 bridgehead atoms. The minimum absolute atomic E-state index is 0.300. The third-order valence-corrected chi connectivity index (χ3v) is 4.20. The molecule has 0 unspecified atom stereocenters. The first kappa shape index (κ1) is 19.5. The normalized spacial score (nSPS) is 10.3. The number of benzene rings is 1. The zero-order valence-corrected chi connectivity index (χ0v) is 16.6. The maximum atomic E-state index is 12.8. The van der Waals surface area contributed by atoms with Gasteiger partial charge in [0.25, 0.3) is 5.91 Å². The van der Waals surface area contributed by atoms with E-state index in [1.165, 1.54) is 0 Å². The van der Waals surface area contributed by atoms with Crippen molar-refractivity contribution in [3.63, 3.8) is 0 Å². The molecule has 8 heteroatoms. The SMILES string of the molecule is C=CCOc1ccc(Br)cc1C(=O)Nc1cccc(-c2nncn2CC=C)n1. The number of ether oxygens (including phenoxy) is 1. The lowest BCUT2D eigenvalue weighted by Gasteiger charge is -2.11. The van der Waals surface area contributed by atoms with Crippen molar-refractivity contribution in [3.8, 4) is 17.3 Å². The van der Waals surface area contributed by atoms with Crippen LogP contribution >= 0.6 is 15.9 Å². The summed E-state index contributed by atoms with van der Waals surface area (Å²) in [6.45, 7) is 8.21.